The lowest BCUT2D eigenvalue weighted by atomic mass is 10.00. The molecular weight excluding hydrogens is 324 g/mol. The van der Waals surface area contributed by atoms with E-state index >= 15 is 0 Å². The lowest BCUT2D eigenvalue weighted by molar-refractivity contribution is 0.242. The molecule has 0 amide bonds. The Morgan fingerprint density at radius 2 is 1.96 bits per heavy atom. The monoisotopic (exact) mass is 354 g/mol. The second-order valence-corrected chi connectivity index (χ2v) is 7.23. The largest absolute Gasteiger partial charge is 0.491 e. The average Bonchev–Trinajstić information content (AvgIpc) is 2.62. The van der Waals surface area contributed by atoms with Crippen molar-refractivity contribution in [2.24, 2.45) is 0 Å². The van der Waals surface area contributed by atoms with Crippen LogP contribution in [0.3, 0.4) is 0 Å². The summed E-state index contributed by atoms with van der Waals surface area (Å²) < 4.78 is 5.70. The first-order valence-corrected chi connectivity index (χ1v) is 9.71. The molecule has 26 heavy (non-hydrogen) atoms. The fraction of sp³-hybridized carbons (Fsp3) is 0.524. The van der Waals surface area contributed by atoms with E-state index in [4.69, 9.17) is 9.72 Å². The van der Waals surface area contributed by atoms with Gasteiger partial charge in [-0.25, -0.2) is 9.97 Å². The molecule has 5 heteroatoms. The summed E-state index contributed by atoms with van der Waals surface area (Å²) in [6, 6.07) is 10.7. The van der Waals surface area contributed by atoms with Crippen molar-refractivity contribution in [3.8, 4) is 5.75 Å². The second kappa shape index (κ2) is 8.39. The van der Waals surface area contributed by atoms with Gasteiger partial charge in [0.25, 0.3) is 0 Å². The van der Waals surface area contributed by atoms with E-state index < -0.39 is 0 Å². The molecule has 1 atom stereocenters. The minimum Gasteiger partial charge on any atom is -0.491 e. The molecule has 1 fully saturated rings. The Morgan fingerprint density at radius 1 is 1.19 bits per heavy atom. The molecule has 5 nitrogen and oxygen atoms in total. The van der Waals surface area contributed by atoms with Crippen LogP contribution < -0.4 is 15.0 Å². The van der Waals surface area contributed by atoms with Crippen LogP contribution in [0.15, 0.2) is 30.3 Å². The smallest absolute Gasteiger partial charge is 0.136 e. The van der Waals surface area contributed by atoms with Gasteiger partial charge in [-0.2, -0.15) is 0 Å². The van der Waals surface area contributed by atoms with Gasteiger partial charge < -0.3 is 15.0 Å². The highest BCUT2D eigenvalue weighted by Gasteiger charge is 2.22. The molecular formula is C21H30N4O. The highest BCUT2D eigenvalue weighted by molar-refractivity contribution is 5.60. The van der Waals surface area contributed by atoms with Crippen LogP contribution in [-0.2, 0) is 0 Å². The number of hydrogen-bond donors (Lipinski definition) is 1. The van der Waals surface area contributed by atoms with Gasteiger partial charge in [0, 0.05) is 24.3 Å². The van der Waals surface area contributed by atoms with Crippen LogP contribution >= 0.6 is 0 Å². The van der Waals surface area contributed by atoms with E-state index in [1.807, 2.05) is 45.0 Å². The van der Waals surface area contributed by atoms with Crippen LogP contribution in [0.2, 0.25) is 0 Å². The molecule has 0 radical (unpaired) electrons. The highest BCUT2D eigenvalue weighted by Crippen LogP contribution is 2.28. The van der Waals surface area contributed by atoms with E-state index in [-0.39, 0.29) is 6.10 Å². The van der Waals surface area contributed by atoms with Crippen LogP contribution in [0.25, 0.3) is 0 Å². The van der Waals surface area contributed by atoms with Crippen molar-refractivity contribution in [1.29, 1.82) is 0 Å². The van der Waals surface area contributed by atoms with E-state index in [0.717, 1.165) is 41.9 Å². The van der Waals surface area contributed by atoms with Gasteiger partial charge in [-0.05, 0) is 70.7 Å². The van der Waals surface area contributed by atoms with E-state index in [1.165, 1.54) is 19.3 Å². The minimum absolute atomic E-state index is 0.178. The number of nitrogens with one attached hydrogen (secondary N) is 1. The summed E-state index contributed by atoms with van der Waals surface area (Å²) in [5.41, 5.74) is 0.996. The Hall–Kier alpha value is -2.30. The van der Waals surface area contributed by atoms with Gasteiger partial charge in [0.15, 0.2) is 0 Å². The number of anilines is 3. The zero-order valence-electron chi connectivity index (χ0n) is 16.3. The third kappa shape index (κ3) is 4.65. The standard InChI is InChI=1S/C21H30N4O/c1-5-18-8-6-7-13-25(18)21-14-20(22-16(4)23-21)24-17-9-11-19(12-10-17)26-15(2)3/h9-12,14-15,18H,5-8,13H2,1-4H3,(H,22,23,24). The molecule has 1 aliphatic rings. The van der Waals surface area contributed by atoms with E-state index in [0.29, 0.717) is 6.04 Å². The molecule has 1 aromatic heterocycles. The van der Waals surface area contributed by atoms with Gasteiger partial charge in [-0.15, -0.1) is 0 Å². The van der Waals surface area contributed by atoms with Gasteiger partial charge in [-0.1, -0.05) is 6.92 Å². The SMILES string of the molecule is CCC1CCCCN1c1cc(Nc2ccc(OC(C)C)cc2)nc(C)n1. The van der Waals surface area contributed by atoms with Gasteiger partial charge >= 0.3 is 0 Å². The Labute approximate surface area is 156 Å². The van der Waals surface area contributed by atoms with Crippen molar-refractivity contribution in [2.45, 2.75) is 65.5 Å². The summed E-state index contributed by atoms with van der Waals surface area (Å²) in [6.45, 7) is 9.36. The van der Waals surface area contributed by atoms with Gasteiger partial charge in [-0.3, -0.25) is 0 Å². The van der Waals surface area contributed by atoms with E-state index in [9.17, 15) is 0 Å². The average molecular weight is 354 g/mol. The number of aryl methyl sites for hydroxylation is 1. The predicted molar refractivity (Wildman–Crippen MR) is 108 cm³/mol. The molecule has 0 saturated carbocycles. The molecule has 3 rings (SSSR count). The van der Waals surface area contributed by atoms with Gasteiger partial charge in [0.05, 0.1) is 6.10 Å². The Kier molecular flexibility index (Phi) is 5.96. The third-order valence-electron chi connectivity index (χ3n) is 4.72. The third-order valence-corrected chi connectivity index (χ3v) is 4.72. The zero-order valence-corrected chi connectivity index (χ0v) is 16.3. The second-order valence-electron chi connectivity index (χ2n) is 7.23. The molecule has 2 heterocycles. The quantitative estimate of drug-likeness (QED) is 0.783. The number of ether oxygens (including phenoxy) is 1. The molecule has 0 aliphatic carbocycles. The van der Waals surface area contributed by atoms with Crippen molar-refractivity contribution in [1.82, 2.24) is 9.97 Å². The number of hydrogen-bond acceptors (Lipinski definition) is 5. The molecule has 1 N–H and O–H groups in total. The normalized spacial score (nSPS) is 17.4. The molecule has 1 unspecified atom stereocenters. The summed E-state index contributed by atoms with van der Waals surface area (Å²) in [5, 5.41) is 3.40. The van der Waals surface area contributed by atoms with Crippen LogP contribution in [0.1, 0.15) is 52.3 Å². The summed E-state index contributed by atoms with van der Waals surface area (Å²) in [6.07, 6.45) is 5.13. The molecule has 1 aliphatic heterocycles. The van der Waals surface area contributed by atoms with Crippen molar-refractivity contribution < 1.29 is 4.74 Å². The Bertz CT molecular complexity index is 714. The van der Waals surface area contributed by atoms with Crippen molar-refractivity contribution in [3.05, 3.63) is 36.2 Å². The Morgan fingerprint density at radius 3 is 2.65 bits per heavy atom. The lowest BCUT2D eigenvalue weighted by Crippen LogP contribution is -2.39. The maximum absolute atomic E-state index is 5.70. The molecule has 0 bridgehead atoms. The zero-order chi connectivity index (χ0) is 18.5. The van der Waals surface area contributed by atoms with Crippen LogP contribution in [-0.4, -0.2) is 28.7 Å². The fourth-order valence-electron chi connectivity index (χ4n) is 3.53. The summed E-state index contributed by atoms with van der Waals surface area (Å²) >= 11 is 0. The van der Waals surface area contributed by atoms with Crippen LogP contribution in [0.5, 0.6) is 5.75 Å². The van der Waals surface area contributed by atoms with Crippen LogP contribution in [0, 0.1) is 6.92 Å². The maximum Gasteiger partial charge on any atom is 0.136 e. The number of nitrogens with zero attached hydrogens (tertiary/aromatic N) is 3. The number of benzene rings is 1. The van der Waals surface area contributed by atoms with Crippen LogP contribution in [0.4, 0.5) is 17.3 Å². The summed E-state index contributed by atoms with van der Waals surface area (Å²) in [5.74, 6) is 3.55. The van der Waals surface area contributed by atoms with Gasteiger partial charge in [0.2, 0.25) is 0 Å². The molecule has 1 saturated heterocycles. The first-order chi connectivity index (χ1) is 12.5. The van der Waals surface area contributed by atoms with Gasteiger partial charge in [0.1, 0.15) is 23.2 Å². The van der Waals surface area contributed by atoms with Crippen molar-refractivity contribution >= 4 is 17.3 Å². The lowest BCUT2D eigenvalue weighted by Gasteiger charge is -2.36. The fourth-order valence-corrected chi connectivity index (χ4v) is 3.53. The van der Waals surface area contributed by atoms with E-state index in [2.05, 4.69) is 28.2 Å². The first kappa shape index (κ1) is 18.5. The van der Waals surface area contributed by atoms with E-state index in [1.54, 1.807) is 0 Å². The number of rotatable bonds is 6. The minimum atomic E-state index is 0.178. The summed E-state index contributed by atoms with van der Waals surface area (Å²) in [7, 11) is 0. The molecule has 1 aromatic carbocycles. The number of aromatic nitrogens is 2. The Balaban J connectivity index is 1.77. The molecule has 0 spiro atoms. The predicted octanol–water partition coefficient (Wildman–Crippen LogP) is 5.08. The topological polar surface area (TPSA) is 50.3 Å². The highest BCUT2D eigenvalue weighted by atomic mass is 16.5. The maximum atomic E-state index is 5.70. The molecule has 140 valence electrons. The van der Waals surface area contributed by atoms with Crippen molar-refractivity contribution in [3.63, 3.8) is 0 Å². The number of piperidine rings is 1. The summed E-state index contributed by atoms with van der Waals surface area (Å²) in [4.78, 5) is 11.7. The molecule has 2 aromatic rings. The first-order valence-electron chi connectivity index (χ1n) is 9.71. The van der Waals surface area contributed by atoms with Crippen molar-refractivity contribution in [2.75, 3.05) is 16.8 Å².